The Morgan fingerprint density at radius 1 is 1.04 bits per heavy atom. The van der Waals surface area contributed by atoms with E-state index in [1.807, 2.05) is 30.3 Å². The Kier molecular flexibility index (Phi) is 6.20. The molecule has 1 heterocycles. The van der Waals surface area contributed by atoms with Gasteiger partial charge in [-0.05, 0) is 32.3 Å². The summed E-state index contributed by atoms with van der Waals surface area (Å²) < 4.78 is 10.1. The van der Waals surface area contributed by atoms with Gasteiger partial charge in [-0.1, -0.05) is 30.3 Å². The van der Waals surface area contributed by atoms with Crippen molar-refractivity contribution >= 4 is 11.9 Å². The molecule has 1 saturated heterocycles. The second kappa shape index (κ2) is 8.36. The van der Waals surface area contributed by atoms with Crippen LogP contribution in [0.1, 0.15) is 32.3 Å². The van der Waals surface area contributed by atoms with Crippen LogP contribution in [0.15, 0.2) is 41.6 Å². The maximum atomic E-state index is 12.2. The third-order valence-electron chi connectivity index (χ3n) is 3.69. The molecule has 0 aliphatic carbocycles. The fourth-order valence-corrected chi connectivity index (χ4v) is 2.72. The van der Waals surface area contributed by atoms with E-state index in [0.29, 0.717) is 13.0 Å². The summed E-state index contributed by atoms with van der Waals surface area (Å²) in [6.45, 7) is 5.38. The fraction of sp³-hybridized carbons (Fsp3) is 0.444. The van der Waals surface area contributed by atoms with E-state index >= 15 is 0 Å². The molecule has 5 heteroatoms. The summed E-state index contributed by atoms with van der Waals surface area (Å²) in [7, 11) is 0. The number of benzene rings is 1. The second-order valence-electron chi connectivity index (χ2n) is 5.27. The molecule has 1 aliphatic rings. The van der Waals surface area contributed by atoms with Gasteiger partial charge in [0.05, 0.1) is 13.2 Å². The lowest BCUT2D eigenvalue weighted by atomic mass is 10.1. The Morgan fingerprint density at radius 3 is 2.22 bits per heavy atom. The van der Waals surface area contributed by atoms with Crippen molar-refractivity contribution in [1.82, 2.24) is 4.90 Å². The number of carbonyl (C=O) groups is 2. The first-order chi connectivity index (χ1) is 11.2. The van der Waals surface area contributed by atoms with Crippen LogP contribution in [0.3, 0.4) is 0 Å². The van der Waals surface area contributed by atoms with Crippen LogP contribution in [0.25, 0.3) is 0 Å². The number of carbonyl (C=O) groups excluding carboxylic acids is 2. The first-order valence-corrected chi connectivity index (χ1v) is 8.03. The van der Waals surface area contributed by atoms with Crippen molar-refractivity contribution in [1.29, 1.82) is 0 Å². The van der Waals surface area contributed by atoms with Gasteiger partial charge in [0, 0.05) is 18.8 Å². The monoisotopic (exact) mass is 317 g/mol. The van der Waals surface area contributed by atoms with E-state index in [1.54, 1.807) is 13.8 Å². The average molecular weight is 317 g/mol. The van der Waals surface area contributed by atoms with Gasteiger partial charge in [0.1, 0.15) is 0 Å². The van der Waals surface area contributed by atoms with Crippen molar-refractivity contribution in [3.05, 3.63) is 47.2 Å². The predicted molar refractivity (Wildman–Crippen MR) is 86.4 cm³/mol. The molecule has 0 N–H and O–H groups in total. The van der Waals surface area contributed by atoms with Crippen molar-refractivity contribution in [3.8, 4) is 0 Å². The first kappa shape index (κ1) is 17.1. The summed E-state index contributed by atoms with van der Waals surface area (Å²) in [5, 5.41) is 0. The molecule has 0 amide bonds. The van der Waals surface area contributed by atoms with Crippen LogP contribution in [0.5, 0.6) is 0 Å². The number of nitrogens with zero attached hydrogens (tertiary/aromatic N) is 1. The molecule has 0 spiro atoms. The highest BCUT2D eigenvalue weighted by Gasteiger charge is 2.31. The summed E-state index contributed by atoms with van der Waals surface area (Å²) in [5.41, 5.74) is 1.91. The summed E-state index contributed by atoms with van der Waals surface area (Å²) in [6, 6.07) is 9.99. The van der Waals surface area contributed by atoms with E-state index in [2.05, 4.69) is 4.90 Å². The summed E-state index contributed by atoms with van der Waals surface area (Å²) >= 11 is 0. The van der Waals surface area contributed by atoms with Crippen molar-refractivity contribution in [2.24, 2.45) is 0 Å². The number of allylic oxidation sites excluding steroid dienone is 1. The third kappa shape index (κ3) is 4.34. The molecule has 5 nitrogen and oxygen atoms in total. The Labute approximate surface area is 136 Å². The van der Waals surface area contributed by atoms with E-state index in [1.165, 1.54) is 0 Å². The SMILES string of the molecule is CCOC(=O)C(C(=O)OCC)=C1CCCN1Cc1ccccc1. The number of rotatable bonds is 6. The largest absolute Gasteiger partial charge is 0.462 e. The molecule has 0 saturated carbocycles. The van der Waals surface area contributed by atoms with E-state index in [9.17, 15) is 9.59 Å². The molecular weight excluding hydrogens is 294 g/mol. The van der Waals surface area contributed by atoms with E-state index in [-0.39, 0.29) is 18.8 Å². The molecule has 0 atom stereocenters. The Balaban J connectivity index is 2.30. The average Bonchev–Trinajstić information content (AvgIpc) is 2.97. The van der Waals surface area contributed by atoms with Gasteiger partial charge in [0.25, 0.3) is 0 Å². The fourth-order valence-electron chi connectivity index (χ4n) is 2.72. The predicted octanol–water partition coefficient (Wildman–Crippen LogP) is 2.66. The van der Waals surface area contributed by atoms with Gasteiger partial charge in [0.2, 0.25) is 0 Å². The lowest BCUT2D eigenvalue weighted by molar-refractivity contribution is -0.146. The minimum Gasteiger partial charge on any atom is -0.462 e. The van der Waals surface area contributed by atoms with Crippen LogP contribution in [0, 0.1) is 0 Å². The van der Waals surface area contributed by atoms with Crippen LogP contribution < -0.4 is 0 Å². The molecule has 0 unspecified atom stereocenters. The molecule has 1 aromatic carbocycles. The van der Waals surface area contributed by atoms with Crippen LogP contribution >= 0.6 is 0 Å². The van der Waals surface area contributed by atoms with E-state index in [4.69, 9.17) is 9.47 Å². The lowest BCUT2D eigenvalue weighted by Crippen LogP contribution is -2.26. The van der Waals surface area contributed by atoms with Gasteiger partial charge < -0.3 is 14.4 Å². The van der Waals surface area contributed by atoms with Gasteiger partial charge in [0.15, 0.2) is 5.57 Å². The molecule has 0 aromatic heterocycles. The lowest BCUT2D eigenvalue weighted by Gasteiger charge is -2.22. The molecule has 2 rings (SSSR count). The van der Waals surface area contributed by atoms with Crippen LogP contribution in [0.2, 0.25) is 0 Å². The quantitative estimate of drug-likeness (QED) is 0.349. The van der Waals surface area contributed by atoms with E-state index < -0.39 is 11.9 Å². The zero-order chi connectivity index (χ0) is 16.7. The number of hydrogen-bond acceptors (Lipinski definition) is 5. The van der Waals surface area contributed by atoms with Crippen LogP contribution in [-0.2, 0) is 25.6 Å². The number of ether oxygens (including phenoxy) is 2. The first-order valence-electron chi connectivity index (χ1n) is 8.03. The minimum atomic E-state index is -0.596. The van der Waals surface area contributed by atoms with Crippen molar-refractivity contribution < 1.29 is 19.1 Å². The molecule has 0 bridgehead atoms. The van der Waals surface area contributed by atoms with Crippen LogP contribution in [-0.4, -0.2) is 36.6 Å². The number of likely N-dealkylation sites (tertiary alicyclic amines) is 1. The summed E-state index contributed by atoms with van der Waals surface area (Å²) in [5.74, 6) is -1.19. The number of esters is 2. The summed E-state index contributed by atoms with van der Waals surface area (Å²) in [4.78, 5) is 26.5. The zero-order valence-electron chi connectivity index (χ0n) is 13.7. The minimum absolute atomic E-state index is 0.0436. The maximum absolute atomic E-state index is 12.2. The topological polar surface area (TPSA) is 55.8 Å². The highest BCUT2D eigenvalue weighted by atomic mass is 16.6. The normalized spacial score (nSPS) is 13.8. The van der Waals surface area contributed by atoms with Gasteiger partial charge in [-0.2, -0.15) is 0 Å². The highest BCUT2D eigenvalue weighted by molar-refractivity contribution is 6.14. The van der Waals surface area contributed by atoms with Crippen molar-refractivity contribution in [2.45, 2.75) is 33.2 Å². The van der Waals surface area contributed by atoms with Gasteiger partial charge >= 0.3 is 11.9 Å². The van der Waals surface area contributed by atoms with Gasteiger partial charge in [-0.3, -0.25) is 0 Å². The van der Waals surface area contributed by atoms with Gasteiger partial charge in [-0.25, -0.2) is 9.59 Å². The second-order valence-corrected chi connectivity index (χ2v) is 5.27. The standard InChI is InChI=1S/C18H23NO4/c1-3-22-17(20)16(18(21)23-4-2)15-11-8-12-19(15)13-14-9-6-5-7-10-14/h5-7,9-10H,3-4,8,11-13H2,1-2H3. The smallest absolute Gasteiger partial charge is 0.347 e. The Morgan fingerprint density at radius 2 is 1.65 bits per heavy atom. The molecule has 23 heavy (non-hydrogen) atoms. The highest BCUT2D eigenvalue weighted by Crippen LogP contribution is 2.27. The third-order valence-corrected chi connectivity index (χ3v) is 3.69. The molecule has 1 aromatic rings. The molecule has 124 valence electrons. The van der Waals surface area contributed by atoms with Crippen molar-refractivity contribution in [2.75, 3.05) is 19.8 Å². The van der Waals surface area contributed by atoms with Gasteiger partial charge in [-0.15, -0.1) is 0 Å². The molecule has 1 aliphatic heterocycles. The summed E-state index contributed by atoms with van der Waals surface area (Å²) in [6.07, 6.45) is 1.59. The zero-order valence-corrected chi connectivity index (χ0v) is 13.7. The Bertz CT molecular complexity index is 560. The van der Waals surface area contributed by atoms with E-state index in [0.717, 1.165) is 24.2 Å². The van der Waals surface area contributed by atoms with Crippen LogP contribution in [0.4, 0.5) is 0 Å². The molecular formula is C18H23NO4. The number of hydrogen-bond donors (Lipinski definition) is 0. The Hall–Kier alpha value is -2.30. The van der Waals surface area contributed by atoms with Crippen molar-refractivity contribution in [3.63, 3.8) is 0 Å². The maximum Gasteiger partial charge on any atom is 0.347 e. The molecule has 0 radical (unpaired) electrons. The molecule has 1 fully saturated rings.